The Labute approximate surface area is 257 Å². The number of phenolic OH excluding ortho intramolecular Hbond substituents is 2. The normalized spacial score (nSPS) is 10.4. The van der Waals surface area contributed by atoms with E-state index in [1.807, 2.05) is 0 Å². The number of aryl methyl sites for hydroxylation is 1. The number of nitrogens with one attached hydrogen (secondary N) is 2. The van der Waals surface area contributed by atoms with Crippen molar-refractivity contribution in [2.24, 2.45) is 0 Å². The predicted octanol–water partition coefficient (Wildman–Crippen LogP) is 7.09. The Bertz CT molecular complexity index is 1910. The maximum atomic E-state index is 12.6. The first kappa shape index (κ1) is 30.1. The van der Waals surface area contributed by atoms with Gasteiger partial charge in [-0.25, -0.2) is 9.59 Å². The smallest absolute Gasteiger partial charge is 0.417 e. The highest BCUT2D eigenvalue weighted by Gasteiger charge is 2.17. The first-order chi connectivity index (χ1) is 21.7. The third-order valence-electron chi connectivity index (χ3n) is 6.64. The molecule has 224 valence electrons. The highest BCUT2D eigenvalue weighted by molar-refractivity contribution is 6.11. The lowest BCUT2D eigenvalue weighted by molar-refractivity contribution is 0.102. The lowest BCUT2D eigenvalue weighted by Gasteiger charge is -2.13. The zero-order chi connectivity index (χ0) is 31.9. The van der Waals surface area contributed by atoms with Crippen LogP contribution in [0, 0.1) is 6.92 Å². The lowest BCUT2D eigenvalue weighted by Crippen LogP contribution is -2.19. The van der Waals surface area contributed by atoms with Crippen molar-refractivity contribution in [1.82, 2.24) is 0 Å². The molecule has 0 saturated heterocycles. The molecule has 5 aromatic rings. The summed E-state index contributed by atoms with van der Waals surface area (Å²) in [7, 11) is 0. The summed E-state index contributed by atoms with van der Waals surface area (Å²) in [5.41, 5.74) is 2.17. The zero-order valence-electron chi connectivity index (χ0n) is 23.8. The van der Waals surface area contributed by atoms with Crippen molar-refractivity contribution in [3.8, 4) is 23.0 Å². The van der Waals surface area contributed by atoms with Crippen LogP contribution in [0.4, 0.5) is 21.0 Å². The molecule has 0 radical (unpaired) electrons. The van der Waals surface area contributed by atoms with E-state index in [0.29, 0.717) is 22.4 Å². The average Bonchev–Trinajstić information content (AvgIpc) is 3.03. The molecule has 0 aliphatic carbocycles. The fraction of sp³-hybridized carbons (Fsp3) is 0.0286. The van der Waals surface area contributed by atoms with E-state index in [4.69, 9.17) is 9.47 Å². The number of benzene rings is 5. The van der Waals surface area contributed by atoms with Crippen LogP contribution in [0.25, 0.3) is 0 Å². The van der Waals surface area contributed by atoms with Crippen LogP contribution in [-0.2, 0) is 0 Å². The highest BCUT2D eigenvalue weighted by atomic mass is 16.6. The third-order valence-corrected chi connectivity index (χ3v) is 6.64. The number of rotatable bonds is 8. The van der Waals surface area contributed by atoms with E-state index < -0.39 is 12.2 Å². The second-order valence-corrected chi connectivity index (χ2v) is 9.81. The van der Waals surface area contributed by atoms with E-state index >= 15 is 0 Å². The number of anilines is 2. The summed E-state index contributed by atoms with van der Waals surface area (Å²) in [6, 6.07) is 29.4. The summed E-state index contributed by atoms with van der Waals surface area (Å²) in [4.78, 5) is 50.5. The topological polar surface area (TPSA) is 151 Å². The van der Waals surface area contributed by atoms with Crippen molar-refractivity contribution in [2.75, 3.05) is 10.6 Å². The number of ketones is 2. The first-order valence-electron chi connectivity index (χ1n) is 13.6. The zero-order valence-corrected chi connectivity index (χ0v) is 23.8. The van der Waals surface area contributed by atoms with E-state index in [0.717, 1.165) is 6.07 Å². The van der Waals surface area contributed by atoms with Crippen LogP contribution in [-0.4, -0.2) is 34.0 Å². The predicted molar refractivity (Wildman–Crippen MR) is 166 cm³/mol. The van der Waals surface area contributed by atoms with Crippen molar-refractivity contribution in [3.63, 3.8) is 0 Å². The first-order valence-corrected chi connectivity index (χ1v) is 13.6. The number of phenols is 2. The molecule has 0 atom stereocenters. The van der Waals surface area contributed by atoms with Crippen LogP contribution in [0.5, 0.6) is 23.0 Å². The minimum absolute atomic E-state index is 0.00314. The minimum atomic E-state index is -0.880. The maximum Gasteiger partial charge on any atom is 0.417 e. The maximum absolute atomic E-state index is 12.6. The Balaban J connectivity index is 1.19. The van der Waals surface area contributed by atoms with Gasteiger partial charge < -0.3 is 19.7 Å². The second-order valence-electron chi connectivity index (χ2n) is 9.81. The fourth-order valence-corrected chi connectivity index (χ4v) is 4.35. The molecule has 0 bridgehead atoms. The number of aromatic hydroxyl groups is 2. The molecule has 0 heterocycles. The molecule has 45 heavy (non-hydrogen) atoms. The molecule has 0 spiro atoms. The van der Waals surface area contributed by atoms with Crippen LogP contribution < -0.4 is 20.1 Å². The van der Waals surface area contributed by atoms with Gasteiger partial charge in [0, 0.05) is 34.6 Å². The largest absolute Gasteiger partial charge is 0.507 e. The standard InChI is InChI=1S/C35H26N2O8/c1-21-12-13-24(36-34(42)44-25-14-16-27(30(38)19-25)32(40)22-8-4-2-5-9-22)18-29(21)37-35(43)45-26-15-17-28(31(39)20-26)33(41)23-10-6-3-7-11-23/h2-20,38-39H,1H3,(H,36,42)(H,37,43). The second kappa shape index (κ2) is 13.3. The lowest BCUT2D eigenvalue weighted by atomic mass is 10.0. The molecule has 0 saturated carbocycles. The van der Waals surface area contributed by atoms with Crippen molar-refractivity contribution in [3.05, 3.63) is 143 Å². The molecular weight excluding hydrogens is 576 g/mol. The highest BCUT2D eigenvalue weighted by Crippen LogP contribution is 2.28. The molecule has 0 aliphatic rings. The molecule has 5 rings (SSSR count). The number of carbonyl (C=O) groups is 4. The molecule has 0 aliphatic heterocycles. The summed E-state index contributed by atoms with van der Waals surface area (Å²) >= 11 is 0. The minimum Gasteiger partial charge on any atom is -0.507 e. The van der Waals surface area contributed by atoms with E-state index in [1.54, 1.807) is 79.7 Å². The van der Waals surface area contributed by atoms with E-state index in [-0.39, 0.29) is 51.4 Å². The molecule has 0 fully saturated rings. The summed E-state index contributed by atoms with van der Waals surface area (Å²) in [6.45, 7) is 1.73. The number of amides is 2. The van der Waals surface area contributed by atoms with Gasteiger partial charge in [0.2, 0.25) is 0 Å². The Morgan fingerprint density at radius 3 is 1.49 bits per heavy atom. The van der Waals surface area contributed by atoms with Crippen molar-refractivity contribution in [1.29, 1.82) is 0 Å². The van der Waals surface area contributed by atoms with Gasteiger partial charge in [-0.2, -0.15) is 0 Å². The molecule has 5 aromatic carbocycles. The van der Waals surface area contributed by atoms with Crippen LogP contribution >= 0.6 is 0 Å². The third kappa shape index (κ3) is 7.33. The molecule has 10 nitrogen and oxygen atoms in total. The van der Waals surface area contributed by atoms with Gasteiger partial charge in [0.15, 0.2) is 11.6 Å². The number of hydrogen-bond donors (Lipinski definition) is 4. The van der Waals surface area contributed by atoms with Crippen LogP contribution in [0.1, 0.15) is 37.4 Å². The number of carbonyl (C=O) groups excluding carboxylic acids is 4. The van der Waals surface area contributed by atoms with Gasteiger partial charge in [0.1, 0.15) is 23.0 Å². The summed E-state index contributed by atoms with van der Waals surface area (Å²) in [5, 5.41) is 25.9. The number of ether oxygens (including phenoxy) is 2. The van der Waals surface area contributed by atoms with E-state index in [2.05, 4.69) is 10.6 Å². The molecular formula is C35H26N2O8. The van der Waals surface area contributed by atoms with Gasteiger partial charge in [0.05, 0.1) is 11.1 Å². The summed E-state index contributed by atoms with van der Waals surface area (Å²) < 4.78 is 10.5. The fourth-order valence-electron chi connectivity index (χ4n) is 4.35. The molecule has 2 amide bonds. The van der Waals surface area contributed by atoms with E-state index in [9.17, 15) is 29.4 Å². The van der Waals surface area contributed by atoms with Gasteiger partial charge >= 0.3 is 12.2 Å². The molecule has 0 unspecified atom stereocenters. The van der Waals surface area contributed by atoms with E-state index in [1.165, 1.54) is 36.4 Å². The van der Waals surface area contributed by atoms with Gasteiger partial charge in [-0.3, -0.25) is 20.2 Å². The quantitative estimate of drug-likeness (QED) is 0.137. The Hall–Kier alpha value is -6.42. The van der Waals surface area contributed by atoms with Crippen LogP contribution in [0.3, 0.4) is 0 Å². The SMILES string of the molecule is Cc1ccc(NC(=O)Oc2ccc(C(=O)c3ccccc3)c(O)c2)cc1NC(=O)Oc1ccc(C(=O)c2ccccc2)c(O)c1. The molecule has 10 heteroatoms. The number of hydrogen-bond acceptors (Lipinski definition) is 8. The molecule has 4 N–H and O–H groups in total. The van der Waals surface area contributed by atoms with Crippen molar-refractivity contribution >= 4 is 35.1 Å². The van der Waals surface area contributed by atoms with Gasteiger partial charge in [-0.1, -0.05) is 66.7 Å². The Kier molecular flexibility index (Phi) is 8.86. The van der Waals surface area contributed by atoms with Crippen molar-refractivity contribution < 1.29 is 38.9 Å². The monoisotopic (exact) mass is 602 g/mol. The average molecular weight is 603 g/mol. The van der Waals surface area contributed by atoms with Gasteiger partial charge in [-0.15, -0.1) is 0 Å². The van der Waals surface area contributed by atoms with Crippen LogP contribution in [0.15, 0.2) is 115 Å². The Morgan fingerprint density at radius 1 is 0.556 bits per heavy atom. The Morgan fingerprint density at radius 2 is 1.02 bits per heavy atom. The summed E-state index contributed by atoms with van der Waals surface area (Å²) in [5.74, 6) is -1.45. The summed E-state index contributed by atoms with van der Waals surface area (Å²) in [6.07, 6.45) is -1.76. The molecule has 0 aromatic heterocycles. The van der Waals surface area contributed by atoms with Crippen molar-refractivity contribution in [2.45, 2.75) is 6.92 Å². The van der Waals surface area contributed by atoms with Gasteiger partial charge in [0.25, 0.3) is 0 Å². The van der Waals surface area contributed by atoms with Crippen LogP contribution in [0.2, 0.25) is 0 Å². The van der Waals surface area contributed by atoms with Gasteiger partial charge in [-0.05, 0) is 48.9 Å².